The first-order valence-electron chi connectivity index (χ1n) is 6.34. The molecule has 0 fully saturated rings. The van der Waals surface area contributed by atoms with E-state index in [1.807, 2.05) is 18.2 Å². The second-order valence-electron chi connectivity index (χ2n) is 4.62. The van der Waals surface area contributed by atoms with Gasteiger partial charge in [0.25, 0.3) is 0 Å². The van der Waals surface area contributed by atoms with E-state index in [1.165, 1.54) is 11.3 Å². The van der Waals surface area contributed by atoms with Crippen LogP contribution in [-0.4, -0.2) is 17.6 Å². The fourth-order valence-corrected chi connectivity index (χ4v) is 2.01. The highest BCUT2D eigenvalue weighted by atomic mass is 32.1. The smallest absolute Gasteiger partial charge is 0.325 e. The summed E-state index contributed by atoms with van der Waals surface area (Å²) in [6.07, 6.45) is 1.64. The molecule has 5 nitrogen and oxygen atoms in total. The van der Waals surface area contributed by atoms with Crippen molar-refractivity contribution in [1.82, 2.24) is 4.98 Å². The molecule has 0 aliphatic heterocycles. The zero-order valence-electron chi connectivity index (χ0n) is 11.4. The topological polar surface area (TPSA) is 63.2 Å². The highest BCUT2D eigenvalue weighted by molar-refractivity contribution is 7.13. The summed E-state index contributed by atoms with van der Waals surface area (Å²) >= 11 is 1.37. The predicted molar refractivity (Wildman–Crippen MR) is 81.5 cm³/mol. The van der Waals surface area contributed by atoms with E-state index in [0.29, 0.717) is 29.1 Å². The Morgan fingerprint density at radius 2 is 2.15 bits per heavy atom. The third-order valence-corrected chi connectivity index (χ3v) is 3.05. The Labute approximate surface area is 122 Å². The van der Waals surface area contributed by atoms with Crippen molar-refractivity contribution in [3.05, 3.63) is 35.8 Å². The minimum absolute atomic E-state index is 0.333. The summed E-state index contributed by atoms with van der Waals surface area (Å²) in [6, 6.07) is 7.03. The van der Waals surface area contributed by atoms with E-state index in [1.54, 1.807) is 17.6 Å². The van der Waals surface area contributed by atoms with E-state index in [0.717, 1.165) is 0 Å². The molecule has 0 aliphatic rings. The molecule has 2 amide bonds. The third kappa shape index (κ3) is 4.24. The first-order valence-corrected chi connectivity index (χ1v) is 7.22. The highest BCUT2D eigenvalue weighted by Gasteiger charge is 2.09. The number of nitrogens with one attached hydrogen (secondary N) is 2. The minimum Gasteiger partial charge on any atom is -0.491 e. The Bertz CT molecular complexity index is 555. The SMILES string of the molecule is CC(C)COc1ccccc1NC(=O)Nc1nccs1. The molecule has 2 aromatic rings. The zero-order chi connectivity index (χ0) is 14.4. The number of rotatable bonds is 5. The molecule has 20 heavy (non-hydrogen) atoms. The molecule has 0 unspecified atom stereocenters. The van der Waals surface area contributed by atoms with Gasteiger partial charge < -0.3 is 10.1 Å². The molecule has 0 radical (unpaired) electrons. The fourth-order valence-electron chi connectivity index (χ4n) is 1.49. The molecule has 2 N–H and O–H groups in total. The number of carbonyl (C=O) groups is 1. The van der Waals surface area contributed by atoms with Crippen LogP contribution in [0.4, 0.5) is 15.6 Å². The van der Waals surface area contributed by atoms with Crippen LogP contribution < -0.4 is 15.4 Å². The summed E-state index contributed by atoms with van der Waals surface area (Å²) in [7, 11) is 0. The van der Waals surface area contributed by atoms with Crippen molar-refractivity contribution in [2.24, 2.45) is 5.92 Å². The van der Waals surface area contributed by atoms with E-state index in [-0.39, 0.29) is 6.03 Å². The maximum Gasteiger partial charge on any atom is 0.325 e. The number of aromatic nitrogens is 1. The van der Waals surface area contributed by atoms with Crippen LogP contribution in [0.1, 0.15) is 13.8 Å². The predicted octanol–water partition coefficient (Wildman–Crippen LogP) is 3.82. The van der Waals surface area contributed by atoms with Crippen molar-refractivity contribution in [2.75, 3.05) is 17.2 Å². The second-order valence-corrected chi connectivity index (χ2v) is 5.51. The van der Waals surface area contributed by atoms with E-state index in [9.17, 15) is 4.79 Å². The number of ether oxygens (including phenoxy) is 1. The zero-order valence-corrected chi connectivity index (χ0v) is 12.2. The van der Waals surface area contributed by atoms with E-state index in [2.05, 4.69) is 29.5 Å². The number of carbonyl (C=O) groups excluding carboxylic acids is 1. The van der Waals surface area contributed by atoms with E-state index < -0.39 is 0 Å². The van der Waals surface area contributed by atoms with Crippen molar-refractivity contribution in [3.8, 4) is 5.75 Å². The van der Waals surface area contributed by atoms with Gasteiger partial charge in [0, 0.05) is 11.6 Å². The molecule has 1 aromatic carbocycles. The van der Waals surface area contributed by atoms with E-state index in [4.69, 9.17) is 4.74 Å². The van der Waals surface area contributed by atoms with Gasteiger partial charge in [0.05, 0.1) is 12.3 Å². The summed E-state index contributed by atoms with van der Waals surface area (Å²) in [4.78, 5) is 15.9. The lowest BCUT2D eigenvalue weighted by molar-refractivity contribution is 0.260. The number of nitrogens with zero attached hydrogens (tertiary/aromatic N) is 1. The first-order chi connectivity index (χ1) is 9.65. The van der Waals surface area contributed by atoms with Gasteiger partial charge in [0.1, 0.15) is 5.75 Å². The minimum atomic E-state index is -0.333. The standard InChI is InChI=1S/C14H17N3O2S/c1-10(2)9-19-12-6-4-3-5-11(12)16-13(18)17-14-15-7-8-20-14/h3-8,10H,9H2,1-2H3,(H2,15,16,17,18). The number of amides is 2. The number of hydrogen-bond donors (Lipinski definition) is 2. The first kappa shape index (κ1) is 14.3. The number of anilines is 2. The summed E-state index contributed by atoms with van der Waals surface area (Å²) in [5.41, 5.74) is 0.641. The lowest BCUT2D eigenvalue weighted by Gasteiger charge is -2.13. The molecule has 0 atom stereocenters. The monoisotopic (exact) mass is 291 g/mol. The van der Waals surface area contributed by atoms with E-state index >= 15 is 0 Å². The number of para-hydroxylation sites is 2. The Hall–Kier alpha value is -2.08. The maximum absolute atomic E-state index is 11.9. The normalized spacial score (nSPS) is 10.3. The summed E-state index contributed by atoms with van der Waals surface area (Å²) < 4.78 is 5.68. The molecular weight excluding hydrogens is 274 g/mol. The molecule has 1 aromatic heterocycles. The Morgan fingerprint density at radius 3 is 2.85 bits per heavy atom. The summed E-state index contributed by atoms with van der Waals surface area (Å²) in [5.74, 6) is 1.09. The van der Waals surface area contributed by atoms with Crippen LogP contribution in [0.5, 0.6) is 5.75 Å². The van der Waals surface area contributed by atoms with Crippen LogP contribution >= 0.6 is 11.3 Å². The molecule has 6 heteroatoms. The van der Waals surface area contributed by atoms with Gasteiger partial charge >= 0.3 is 6.03 Å². The number of hydrogen-bond acceptors (Lipinski definition) is 4. The van der Waals surface area contributed by atoms with Crippen LogP contribution in [0.2, 0.25) is 0 Å². The van der Waals surface area contributed by atoms with Gasteiger partial charge in [-0.2, -0.15) is 0 Å². The molecule has 0 saturated heterocycles. The van der Waals surface area contributed by atoms with Crippen molar-refractivity contribution in [3.63, 3.8) is 0 Å². The largest absolute Gasteiger partial charge is 0.491 e. The average Bonchev–Trinajstić information content (AvgIpc) is 2.90. The number of benzene rings is 1. The van der Waals surface area contributed by atoms with Gasteiger partial charge in [-0.25, -0.2) is 9.78 Å². The van der Waals surface area contributed by atoms with Crippen LogP contribution in [0.25, 0.3) is 0 Å². The Kier molecular flexibility index (Phi) is 4.95. The van der Waals surface area contributed by atoms with Crippen LogP contribution in [0.3, 0.4) is 0 Å². The lowest BCUT2D eigenvalue weighted by Crippen LogP contribution is -2.20. The van der Waals surface area contributed by atoms with Gasteiger partial charge in [-0.05, 0) is 18.1 Å². The summed E-state index contributed by atoms with van der Waals surface area (Å²) in [5, 5.41) is 7.79. The number of urea groups is 1. The quantitative estimate of drug-likeness (QED) is 0.880. The van der Waals surface area contributed by atoms with Gasteiger partial charge in [-0.3, -0.25) is 5.32 Å². The molecule has 2 rings (SSSR count). The lowest BCUT2D eigenvalue weighted by atomic mass is 10.2. The Morgan fingerprint density at radius 1 is 1.35 bits per heavy atom. The van der Waals surface area contributed by atoms with Crippen molar-refractivity contribution >= 4 is 28.2 Å². The van der Waals surface area contributed by atoms with Gasteiger partial charge in [-0.15, -0.1) is 11.3 Å². The van der Waals surface area contributed by atoms with Crippen LogP contribution in [0, 0.1) is 5.92 Å². The van der Waals surface area contributed by atoms with Crippen molar-refractivity contribution in [2.45, 2.75) is 13.8 Å². The van der Waals surface area contributed by atoms with Gasteiger partial charge in [-0.1, -0.05) is 26.0 Å². The highest BCUT2D eigenvalue weighted by Crippen LogP contribution is 2.24. The fraction of sp³-hybridized carbons (Fsp3) is 0.286. The van der Waals surface area contributed by atoms with Crippen molar-refractivity contribution in [1.29, 1.82) is 0 Å². The Balaban J connectivity index is 1.99. The average molecular weight is 291 g/mol. The second kappa shape index (κ2) is 6.91. The number of thiazole rings is 1. The molecule has 1 heterocycles. The van der Waals surface area contributed by atoms with Crippen LogP contribution in [0.15, 0.2) is 35.8 Å². The molecule has 0 saturated carbocycles. The molecular formula is C14H17N3O2S. The maximum atomic E-state index is 11.9. The summed E-state index contributed by atoms with van der Waals surface area (Å²) in [6.45, 7) is 4.75. The molecule has 0 bridgehead atoms. The van der Waals surface area contributed by atoms with Crippen molar-refractivity contribution < 1.29 is 9.53 Å². The molecule has 0 aliphatic carbocycles. The van der Waals surface area contributed by atoms with Crippen LogP contribution in [-0.2, 0) is 0 Å². The molecule has 0 spiro atoms. The van der Waals surface area contributed by atoms with Gasteiger partial charge in [0.15, 0.2) is 5.13 Å². The molecule has 106 valence electrons. The van der Waals surface area contributed by atoms with Gasteiger partial charge in [0.2, 0.25) is 0 Å². The third-order valence-electron chi connectivity index (χ3n) is 2.36.